The van der Waals surface area contributed by atoms with Crippen LogP contribution in [0.15, 0.2) is 16.3 Å². The van der Waals surface area contributed by atoms with E-state index in [-0.39, 0.29) is 17.9 Å². The monoisotopic (exact) mass is 387 g/mol. The van der Waals surface area contributed by atoms with Gasteiger partial charge in [-0.05, 0) is 37.8 Å². The summed E-state index contributed by atoms with van der Waals surface area (Å²) in [6.45, 7) is 5.62. The van der Waals surface area contributed by atoms with Crippen LogP contribution in [0, 0.1) is 0 Å². The molecule has 1 fully saturated rings. The molecule has 6 nitrogen and oxygen atoms in total. The predicted molar refractivity (Wildman–Crippen MR) is 101 cm³/mol. The molecule has 1 aliphatic rings. The Bertz CT molecular complexity index is 675. The van der Waals surface area contributed by atoms with E-state index in [1.165, 1.54) is 11.3 Å². The van der Waals surface area contributed by atoms with Gasteiger partial charge in [-0.2, -0.15) is 4.31 Å². The summed E-state index contributed by atoms with van der Waals surface area (Å²) in [5.74, 6) is -0.125. The van der Waals surface area contributed by atoms with Crippen molar-refractivity contribution < 1.29 is 13.2 Å². The zero-order valence-electron chi connectivity index (χ0n) is 15.1. The van der Waals surface area contributed by atoms with E-state index in [2.05, 4.69) is 5.32 Å². The van der Waals surface area contributed by atoms with Crippen LogP contribution in [-0.2, 0) is 21.2 Å². The summed E-state index contributed by atoms with van der Waals surface area (Å²) < 4.78 is 27.2. The second-order valence-electron chi connectivity index (χ2n) is 6.71. The Morgan fingerprint density at radius 2 is 1.88 bits per heavy atom. The fraction of sp³-hybridized carbons (Fsp3) is 0.706. The minimum Gasteiger partial charge on any atom is -0.354 e. The molecule has 0 spiro atoms. The van der Waals surface area contributed by atoms with Crippen LogP contribution < -0.4 is 11.1 Å². The second kappa shape index (κ2) is 8.62. The fourth-order valence-corrected chi connectivity index (χ4v) is 5.85. The number of hydrogen-bond donors (Lipinski definition) is 2. The largest absolute Gasteiger partial charge is 0.354 e. The van der Waals surface area contributed by atoms with Gasteiger partial charge in [0.05, 0.1) is 6.42 Å². The lowest BCUT2D eigenvalue weighted by Crippen LogP contribution is -2.49. The molecule has 25 heavy (non-hydrogen) atoms. The number of rotatable bonds is 8. The van der Waals surface area contributed by atoms with Gasteiger partial charge in [0.2, 0.25) is 5.91 Å². The number of amides is 1. The summed E-state index contributed by atoms with van der Waals surface area (Å²) in [4.78, 5) is 12.9. The van der Waals surface area contributed by atoms with Crippen molar-refractivity contribution in [1.82, 2.24) is 9.62 Å². The Morgan fingerprint density at radius 1 is 1.24 bits per heavy atom. The average Bonchev–Trinajstić information content (AvgIpc) is 3.09. The molecule has 0 radical (unpaired) electrons. The van der Waals surface area contributed by atoms with Gasteiger partial charge in [0.1, 0.15) is 4.21 Å². The van der Waals surface area contributed by atoms with Gasteiger partial charge in [0, 0.05) is 30.1 Å². The van der Waals surface area contributed by atoms with Gasteiger partial charge < -0.3 is 11.1 Å². The van der Waals surface area contributed by atoms with Crippen LogP contribution >= 0.6 is 11.3 Å². The first kappa shape index (κ1) is 20.4. The van der Waals surface area contributed by atoms with Crippen molar-refractivity contribution >= 4 is 27.3 Å². The normalized spacial score (nSPS) is 16.8. The van der Waals surface area contributed by atoms with E-state index >= 15 is 0 Å². The summed E-state index contributed by atoms with van der Waals surface area (Å²) in [6.07, 6.45) is 4.68. The molecule has 2 rings (SSSR count). The number of nitrogens with zero attached hydrogens (tertiary/aromatic N) is 1. The highest BCUT2D eigenvalue weighted by Crippen LogP contribution is 2.27. The van der Waals surface area contributed by atoms with Crippen molar-refractivity contribution in [2.75, 3.05) is 19.6 Å². The molecule has 1 aromatic rings. The number of carbonyl (C=O) groups excluding carboxylic acids is 1. The highest BCUT2D eigenvalue weighted by Gasteiger charge is 2.27. The molecule has 2 heterocycles. The first-order valence-electron chi connectivity index (χ1n) is 8.95. The molecule has 1 aliphatic heterocycles. The van der Waals surface area contributed by atoms with E-state index in [0.29, 0.717) is 23.8 Å². The van der Waals surface area contributed by atoms with E-state index in [4.69, 9.17) is 5.73 Å². The maximum Gasteiger partial charge on any atom is 0.252 e. The molecular weight excluding hydrogens is 358 g/mol. The minimum atomic E-state index is -3.42. The van der Waals surface area contributed by atoms with Gasteiger partial charge in [0.15, 0.2) is 0 Å². The SMILES string of the molecule is CCC(N)(CC)CNC(=O)Cc1ccc(S(=O)(=O)N2CCCCC2)s1. The van der Waals surface area contributed by atoms with Gasteiger partial charge in [0.25, 0.3) is 10.0 Å². The molecule has 142 valence electrons. The van der Waals surface area contributed by atoms with Gasteiger partial charge in [-0.25, -0.2) is 8.42 Å². The standard InChI is InChI=1S/C17H29N3O3S2/c1-3-17(18,4-2)13-19-15(21)12-14-8-9-16(24-14)25(22,23)20-10-6-5-7-11-20/h8-9H,3-7,10-13,18H2,1-2H3,(H,19,21). The van der Waals surface area contributed by atoms with Crippen LogP contribution in [0.4, 0.5) is 0 Å². The molecule has 0 saturated carbocycles. The van der Waals surface area contributed by atoms with Crippen molar-refractivity contribution in [2.24, 2.45) is 5.73 Å². The van der Waals surface area contributed by atoms with Gasteiger partial charge in [-0.1, -0.05) is 20.3 Å². The van der Waals surface area contributed by atoms with Crippen molar-refractivity contribution in [2.45, 2.75) is 62.1 Å². The molecule has 8 heteroatoms. The van der Waals surface area contributed by atoms with Crippen LogP contribution in [0.5, 0.6) is 0 Å². The van der Waals surface area contributed by atoms with Crippen molar-refractivity contribution in [3.63, 3.8) is 0 Å². The number of hydrogen-bond acceptors (Lipinski definition) is 5. The Morgan fingerprint density at radius 3 is 2.48 bits per heavy atom. The third-order valence-corrected chi connectivity index (χ3v) is 8.38. The topological polar surface area (TPSA) is 92.5 Å². The van der Waals surface area contributed by atoms with Gasteiger partial charge in [-0.3, -0.25) is 4.79 Å². The van der Waals surface area contributed by atoms with Gasteiger partial charge in [-0.15, -0.1) is 11.3 Å². The quantitative estimate of drug-likeness (QED) is 0.714. The zero-order chi connectivity index (χ0) is 18.5. The number of nitrogens with two attached hydrogens (primary N) is 1. The molecule has 0 atom stereocenters. The smallest absolute Gasteiger partial charge is 0.252 e. The second-order valence-corrected chi connectivity index (χ2v) is 10.0. The Labute approximate surface area is 154 Å². The number of thiophene rings is 1. The highest BCUT2D eigenvalue weighted by atomic mass is 32.2. The lowest BCUT2D eigenvalue weighted by molar-refractivity contribution is -0.120. The molecule has 1 saturated heterocycles. The number of nitrogens with one attached hydrogen (secondary N) is 1. The molecular formula is C17H29N3O3S2. The molecule has 1 amide bonds. The average molecular weight is 388 g/mol. The van der Waals surface area contributed by atoms with E-state index in [1.54, 1.807) is 16.4 Å². The maximum atomic E-state index is 12.6. The number of carbonyl (C=O) groups is 1. The van der Waals surface area contributed by atoms with Crippen LogP contribution in [-0.4, -0.2) is 43.8 Å². The summed E-state index contributed by atoms with van der Waals surface area (Å²) >= 11 is 1.18. The van der Waals surface area contributed by atoms with Crippen LogP contribution in [0.2, 0.25) is 0 Å². The summed E-state index contributed by atoms with van der Waals surface area (Å²) in [5.41, 5.74) is 5.80. The molecule has 0 aromatic carbocycles. The van der Waals surface area contributed by atoms with Crippen molar-refractivity contribution in [3.05, 3.63) is 17.0 Å². The third kappa shape index (κ3) is 5.26. The summed E-state index contributed by atoms with van der Waals surface area (Å²) in [7, 11) is -3.42. The first-order chi connectivity index (χ1) is 11.8. The Hall–Kier alpha value is -0.960. The molecule has 0 bridgehead atoms. The van der Waals surface area contributed by atoms with E-state index in [9.17, 15) is 13.2 Å². The molecule has 0 aliphatic carbocycles. The Balaban J connectivity index is 1.95. The maximum absolute atomic E-state index is 12.6. The summed E-state index contributed by atoms with van der Waals surface area (Å²) in [6, 6.07) is 3.35. The van der Waals surface area contributed by atoms with E-state index in [0.717, 1.165) is 37.0 Å². The minimum absolute atomic E-state index is 0.125. The van der Waals surface area contributed by atoms with E-state index in [1.807, 2.05) is 13.8 Å². The lowest BCUT2D eigenvalue weighted by atomic mass is 9.94. The zero-order valence-corrected chi connectivity index (χ0v) is 16.7. The first-order valence-corrected chi connectivity index (χ1v) is 11.2. The highest BCUT2D eigenvalue weighted by molar-refractivity contribution is 7.91. The van der Waals surface area contributed by atoms with Gasteiger partial charge >= 0.3 is 0 Å². The van der Waals surface area contributed by atoms with Crippen LogP contribution in [0.25, 0.3) is 0 Å². The van der Waals surface area contributed by atoms with E-state index < -0.39 is 10.0 Å². The predicted octanol–water partition coefficient (Wildman–Crippen LogP) is 2.10. The molecule has 3 N–H and O–H groups in total. The third-order valence-electron chi connectivity index (χ3n) is 4.93. The Kier molecular flexibility index (Phi) is 7.01. The lowest BCUT2D eigenvalue weighted by Gasteiger charge is -2.26. The number of piperidine rings is 1. The van der Waals surface area contributed by atoms with Crippen LogP contribution in [0.1, 0.15) is 50.8 Å². The van der Waals surface area contributed by atoms with Crippen molar-refractivity contribution in [1.29, 1.82) is 0 Å². The number of sulfonamides is 1. The van der Waals surface area contributed by atoms with Crippen LogP contribution in [0.3, 0.4) is 0 Å². The molecule has 1 aromatic heterocycles. The van der Waals surface area contributed by atoms with Crippen molar-refractivity contribution in [3.8, 4) is 0 Å². The summed E-state index contributed by atoms with van der Waals surface area (Å²) in [5, 5.41) is 2.87. The molecule has 0 unspecified atom stereocenters. The fourth-order valence-electron chi connectivity index (χ4n) is 2.82.